The number of carbonyl (C=O) groups is 1. The van der Waals surface area contributed by atoms with Gasteiger partial charge in [-0.05, 0) is 18.2 Å². The van der Waals surface area contributed by atoms with Crippen LogP contribution in [0.25, 0.3) is 0 Å². The van der Waals surface area contributed by atoms with E-state index >= 15 is 0 Å². The summed E-state index contributed by atoms with van der Waals surface area (Å²) in [6.07, 6.45) is 0. The third-order valence-corrected chi connectivity index (χ3v) is 3.28. The van der Waals surface area contributed by atoms with Crippen LogP contribution in [0.3, 0.4) is 0 Å². The van der Waals surface area contributed by atoms with Gasteiger partial charge in [-0.25, -0.2) is 4.39 Å². The highest BCUT2D eigenvalue weighted by Crippen LogP contribution is 2.11. The van der Waals surface area contributed by atoms with Gasteiger partial charge in [0.25, 0.3) is 5.91 Å². The molecule has 0 spiro atoms. The molecule has 1 amide bonds. The molecule has 0 aliphatic rings. The van der Waals surface area contributed by atoms with Crippen LogP contribution in [0.1, 0.15) is 21.6 Å². The summed E-state index contributed by atoms with van der Waals surface area (Å²) in [7, 11) is 0. The summed E-state index contributed by atoms with van der Waals surface area (Å²) < 4.78 is 13.3. The smallest absolute Gasteiger partial charge is 0.304 e. The van der Waals surface area contributed by atoms with E-state index in [0.29, 0.717) is 11.3 Å². The third kappa shape index (κ3) is 4.02. The fraction of sp³-hybridized carbons (Fsp3) is 0.143. The van der Waals surface area contributed by atoms with Crippen molar-refractivity contribution in [3.05, 3.63) is 55.9 Å². The zero-order valence-corrected chi connectivity index (χ0v) is 11.7. The number of nitrogens with two attached hydrogens (primary N) is 1. The first-order valence-corrected chi connectivity index (χ1v) is 6.91. The Morgan fingerprint density at radius 2 is 2.29 bits per heavy atom. The van der Waals surface area contributed by atoms with Crippen LogP contribution in [-0.4, -0.2) is 17.4 Å². The molecule has 0 saturated heterocycles. The van der Waals surface area contributed by atoms with Crippen molar-refractivity contribution in [2.45, 2.75) is 6.54 Å². The second-order valence-corrected chi connectivity index (χ2v) is 4.89. The van der Waals surface area contributed by atoms with E-state index in [4.69, 9.17) is 5.73 Å². The molecule has 0 bridgehead atoms. The summed E-state index contributed by atoms with van der Waals surface area (Å²) >= 11 is 1.01. The van der Waals surface area contributed by atoms with Crippen LogP contribution in [0.4, 0.5) is 4.39 Å². The minimum Gasteiger partial charge on any atom is -0.346 e. The molecule has 0 radical (unpaired) electrons. The van der Waals surface area contributed by atoms with Gasteiger partial charge in [0, 0.05) is 16.6 Å². The lowest BCUT2D eigenvalue weighted by atomic mass is 10.1. The van der Waals surface area contributed by atoms with Crippen molar-refractivity contribution in [2.24, 2.45) is 5.73 Å². The monoisotopic (exact) mass is 305 g/mol. The molecule has 1 aromatic heterocycles. The van der Waals surface area contributed by atoms with Crippen molar-refractivity contribution in [2.75, 3.05) is 6.54 Å². The van der Waals surface area contributed by atoms with Crippen molar-refractivity contribution in [1.29, 1.82) is 0 Å². The van der Waals surface area contributed by atoms with Crippen LogP contribution >= 0.6 is 11.3 Å². The fourth-order valence-electron chi connectivity index (χ4n) is 1.63. The molecule has 1 aromatic carbocycles. The summed E-state index contributed by atoms with van der Waals surface area (Å²) in [5.74, 6) is 4.36. The first-order valence-electron chi connectivity index (χ1n) is 6.03. The van der Waals surface area contributed by atoms with E-state index in [1.807, 2.05) is 0 Å². The van der Waals surface area contributed by atoms with E-state index in [2.05, 4.69) is 22.1 Å². The van der Waals surface area contributed by atoms with Gasteiger partial charge in [-0.3, -0.25) is 9.59 Å². The number of hydrogen-bond acceptors (Lipinski definition) is 4. The topological polar surface area (TPSA) is 88.0 Å². The Balaban J connectivity index is 2.17. The summed E-state index contributed by atoms with van der Waals surface area (Å²) in [4.78, 5) is 25.5. The van der Waals surface area contributed by atoms with Crippen LogP contribution in [-0.2, 0) is 6.54 Å². The number of halogens is 1. The molecule has 108 valence electrons. The first kappa shape index (κ1) is 15.0. The van der Waals surface area contributed by atoms with Crippen molar-refractivity contribution < 1.29 is 9.18 Å². The Bertz CT molecular complexity index is 770. The predicted octanol–water partition coefficient (Wildman–Crippen LogP) is 0.816. The Morgan fingerprint density at radius 1 is 1.48 bits per heavy atom. The largest absolute Gasteiger partial charge is 0.346 e. The first-order chi connectivity index (χ1) is 10.1. The van der Waals surface area contributed by atoms with Gasteiger partial charge in [-0.15, -0.1) is 0 Å². The molecule has 0 atom stereocenters. The average Bonchev–Trinajstić information content (AvgIpc) is 2.89. The van der Waals surface area contributed by atoms with Gasteiger partial charge in [0.1, 0.15) is 5.82 Å². The van der Waals surface area contributed by atoms with E-state index in [9.17, 15) is 14.0 Å². The maximum Gasteiger partial charge on any atom is 0.304 e. The number of hydrogen-bond donors (Lipinski definition) is 3. The van der Waals surface area contributed by atoms with E-state index in [1.54, 1.807) is 5.38 Å². The van der Waals surface area contributed by atoms with Crippen molar-refractivity contribution >= 4 is 17.2 Å². The molecule has 2 aromatic rings. The molecule has 0 fully saturated rings. The minimum atomic E-state index is -0.526. The van der Waals surface area contributed by atoms with Gasteiger partial charge in [0.15, 0.2) is 0 Å². The molecule has 0 unspecified atom stereocenters. The summed E-state index contributed by atoms with van der Waals surface area (Å²) in [6.45, 7) is 0.298. The number of benzene rings is 1. The Labute approximate surface area is 124 Å². The standard InChI is InChI=1S/C14H12FN3O2S/c15-10-4-3-9(2-1-5-16)12(6-10)13(19)17-7-11-8-21-14(20)18-11/h3-4,6,8H,5,7,16H2,(H,17,19)(H,18,20). The summed E-state index contributed by atoms with van der Waals surface area (Å²) in [5.41, 5.74) is 6.41. The summed E-state index contributed by atoms with van der Waals surface area (Å²) in [5, 5.41) is 4.22. The molecular weight excluding hydrogens is 293 g/mol. The predicted molar refractivity (Wildman–Crippen MR) is 78.4 cm³/mol. The van der Waals surface area contributed by atoms with Gasteiger partial charge in [0.2, 0.25) is 0 Å². The summed E-state index contributed by atoms with van der Waals surface area (Å²) in [6, 6.07) is 3.78. The average molecular weight is 305 g/mol. The van der Waals surface area contributed by atoms with Gasteiger partial charge in [0.05, 0.1) is 18.7 Å². The molecule has 0 saturated carbocycles. The normalized spacial score (nSPS) is 9.81. The number of rotatable bonds is 3. The quantitative estimate of drug-likeness (QED) is 0.734. The molecule has 4 N–H and O–H groups in total. The minimum absolute atomic E-state index is 0.133. The SMILES string of the molecule is NCC#Cc1ccc(F)cc1C(=O)NCc1csc(=O)[nH]1. The fourth-order valence-corrected chi connectivity index (χ4v) is 2.21. The number of aromatic amines is 1. The van der Waals surface area contributed by atoms with Crippen molar-refractivity contribution in [1.82, 2.24) is 10.3 Å². The van der Waals surface area contributed by atoms with Gasteiger partial charge in [-0.2, -0.15) is 0 Å². The number of H-pyrrole nitrogens is 1. The lowest BCUT2D eigenvalue weighted by molar-refractivity contribution is 0.0950. The van der Waals surface area contributed by atoms with Crippen LogP contribution in [0.2, 0.25) is 0 Å². The molecule has 5 nitrogen and oxygen atoms in total. The molecule has 7 heteroatoms. The van der Waals surface area contributed by atoms with Gasteiger partial charge in [-0.1, -0.05) is 23.2 Å². The van der Waals surface area contributed by atoms with E-state index in [0.717, 1.165) is 17.4 Å². The lowest BCUT2D eigenvalue weighted by Gasteiger charge is -2.06. The van der Waals surface area contributed by atoms with Crippen LogP contribution < -0.4 is 15.9 Å². The Hall–Kier alpha value is -2.43. The van der Waals surface area contributed by atoms with Crippen LogP contribution in [0.15, 0.2) is 28.4 Å². The molecule has 2 rings (SSSR count). The van der Waals surface area contributed by atoms with E-state index in [1.165, 1.54) is 12.1 Å². The number of amides is 1. The number of carbonyl (C=O) groups excluding carboxylic acids is 1. The lowest BCUT2D eigenvalue weighted by Crippen LogP contribution is -2.24. The maximum atomic E-state index is 13.3. The molecule has 21 heavy (non-hydrogen) atoms. The zero-order chi connectivity index (χ0) is 15.2. The van der Waals surface area contributed by atoms with E-state index < -0.39 is 11.7 Å². The second-order valence-electron chi connectivity index (χ2n) is 4.05. The molecular formula is C14H12FN3O2S. The van der Waals surface area contributed by atoms with Crippen molar-refractivity contribution in [3.8, 4) is 11.8 Å². The highest BCUT2D eigenvalue weighted by Gasteiger charge is 2.11. The van der Waals surface area contributed by atoms with Gasteiger partial charge >= 0.3 is 4.87 Å². The third-order valence-electron chi connectivity index (χ3n) is 2.56. The van der Waals surface area contributed by atoms with Crippen LogP contribution in [0, 0.1) is 17.7 Å². The van der Waals surface area contributed by atoms with Crippen LogP contribution in [0.5, 0.6) is 0 Å². The van der Waals surface area contributed by atoms with Gasteiger partial charge < -0.3 is 16.0 Å². The Kier molecular flexibility index (Phi) is 4.87. The number of thiazole rings is 1. The van der Waals surface area contributed by atoms with E-state index in [-0.39, 0.29) is 23.5 Å². The highest BCUT2D eigenvalue weighted by atomic mass is 32.1. The molecule has 0 aliphatic heterocycles. The number of nitrogens with one attached hydrogen (secondary N) is 2. The maximum absolute atomic E-state index is 13.3. The zero-order valence-electron chi connectivity index (χ0n) is 10.9. The number of aromatic nitrogens is 1. The highest BCUT2D eigenvalue weighted by molar-refractivity contribution is 7.07. The second kappa shape index (κ2) is 6.83. The molecule has 1 heterocycles. The van der Waals surface area contributed by atoms with Crippen molar-refractivity contribution in [3.63, 3.8) is 0 Å². The Morgan fingerprint density at radius 3 is 2.95 bits per heavy atom. The molecule has 0 aliphatic carbocycles.